The Labute approximate surface area is 124 Å². The predicted molar refractivity (Wildman–Crippen MR) is 77.9 cm³/mol. The molecule has 0 fully saturated rings. The number of amides is 1. The summed E-state index contributed by atoms with van der Waals surface area (Å²) in [6.07, 6.45) is 0.139. The van der Waals surface area contributed by atoms with Crippen molar-refractivity contribution in [3.8, 4) is 11.5 Å². The minimum atomic E-state index is -0.336. The molecule has 116 valence electrons. The number of rotatable bonds is 7. The van der Waals surface area contributed by atoms with Crippen LogP contribution in [0.2, 0.25) is 0 Å². The number of hydrogen-bond acceptors (Lipinski definition) is 5. The lowest BCUT2D eigenvalue weighted by atomic mass is 10.1. The number of ether oxygens (including phenoxy) is 3. The number of hydrogen-bond donors (Lipinski definition) is 1. The molecule has 1 N–H and O–H groups in total. The Morgan fingerprint density at radius 2 is 1.71 bits per heavy atom. The molecule has 1 amide bonds. The largest absolute Gasteiger partial charge is 0.496 e. The van der Waals surface area contributed by atoms with E-state index in [1.807, 2.05) is 6.92 Å². The highest BCUT2D eigenvalue weighted by atomic mass is 16.5. The number of carbonyl (C=O) groups excluding carboxylic acids is 2. The zero-order valence-electron chi connectivity index (χ0n) is 12.8. The fraction of sp³-hybridized carbons (Fsp3) is 0.467. The molecule has 0 saturated carbocycles. The molecule has 0 bridgehead atoms. The normalized spacial score (nSPS) is 9.90. The maximum absolute atomic E-state index is 12.1. The molecule has 0 spiro atoms. The van der Waals surface area contributed by atoms with Gasteiger partial charge in [0.1, 0.15) is 11.5 Å². The third-order valence-corrected chi connectivity index (χ3v) is 2.93. The minimum Gasteiger partial charge on any atom is -0.496 e. The Balaban J connectivity index is 2.72. The van der Waals surface area contributed by atoms with Crippen molar-refractivity contribution in [2.45, 2.75) is 20.3 Å². The highest BCUT2D eigenvalue weighted by Crippen LogP contribution is 2.29. The van der Waals surface area contributed by atoms with Gasteiger partial charge in [-0.1, -0.05) is 0 Å². The van der Waals surface area contributed by atoms with Crippen LogP contribution in [0.3, 0.4) is 0 Å². The molecule has 0 heterocycles. The van der Waals surface area contributed by atoms with Gasteiger partial charge in [-0.3, -0.25) is 9.59 Å². The van der Waals surface area contributed by atoms with E-state index in [4.69, 9.17) is 14.2 Å². The second kappa shape index (κ2) is 8.14. The van der Waals surface area contributed by atoms with Crippen LogP contribution in [0.15, 0.2) is 12.1 Å². The van der Waals surface area contributed by atoms with Gasteiger partial charge in [-0.2, -0.15) is 0 Å². The second-order valence-electron chi connectivity index (χ2n) is 4.32. The average Bonchev–Trinajstić information content (AvgIpc) is 2.47. The monoisotopic (exact) mass is 295 g/mol. The SMILES string of the molecule is CCOC(=O)CCNC(=O)c1cc(OC)c(C)c(OC)c1. The van der Waals surface area contributed by atoms with Gasteiger partial charge in [0.25, 0.3) is 5.91 Å². The number of carbonyl (C=O) groups is 2. The molecule has 0 radical (unpaired) electrons. The van der Waals surface area contributed by atoms with Crippen molar-refractivity contribution in [1.29, 1.82) is 0 Å². The Morgan fingerprint density at radius 1 is 1.14 bits per heavy atom. The highest BCUT2D eigenvalue weighted by molar-refractivity contribution is 5.95. The predicted octanol–water partition coefficient (Wildman–Crippen LogP) is 1.70. The number of benzene rings is 1. The fourth-order valence-corrected chi connectivity index (χ4v) is 1.83. The molecule has 6 heteroatoms. The van der Waals surface area contributed by atoms with Crippen LogP contribution in [0.25, 0.3) is 0 Å². The molecule has 0 aliphatic carbocycles. The van der Waals surface area contributed by atoms with E-state index >= 15 is 0 Å². The van der Waals surface area contributed by atoms with Crippen molar-refractivity contribution in [1.82, 2.24) is 5.32 Å². The molecule has 1 aromatic carbocycles. The first-order valence-electron chi connectivity index (χ1n) is 6.69. The van der Waals surface area contributed by atoms with Crippen LogP contribution < -0.4 is 14.8 Å². The van der Waals surface area contributed by atoms with Crippen LogP contribution in [0.5, 0.6) is 11.5 Å². The summed E-state index contributed by atoms with van der Waals surface area (Å²) in [7, 11) is 3.06. The molecule has 0 aromatic heterocycles. The van der Waals surface area contributed by atoms with Crippen LogP contribution in [0.4, 0.5) is 0 Å². The molecule has 21 heavy (non-hydrogen) atoms. The number of esters is 1. The van der Waals surface area contributed by atoms with Gasteiger partial charge in [-0.15, -0.1) is 0 Å². The van der Waals surface area contributed by atoms with Crippen LogP contribution in [-0.4, -0.2) is 39.2 Å². The molecular weight excluding hydrogens is 274 g/mol. The molecular formula is C15H21NO5. The zero-order chi connectivity index (χ0) is 15.8. The van der Waals surface area contributed by atoms with Gasteiger partial charge in [-0.05, 0) is 26.0 Å². The third kappa shape index (κ3) is 4.66. The maximum Gasteiger partial charge on any atom is 0.307 e. The smallest absolute Gasteiger partial charge is 0.307 e. The topological polar surface area (TPSA) is 73.9 Å². The van der Waals surface area contributed by atoms with Gasteiger partial charge in [0.2, 0.25) is 0 Å². The summed E-state index contributed by atoms with van der Waals surface area (Å²) in [6, 6.07) is 3.27. The summed E-state index contributed by atoms with van der Waals surface area (Å²) < 4.78 is 15.2. The molecule has 0 unspecified atom stereocenters. The molecule has 6 nitrogen and oxygen atoms in total. The Kier molecular flexibility index (Phi) is 6.52. The Bertz CT molecular complexity index is 488. The molecule has 0 aliphatic heterocycles. The second-order valence-corrected chi connectivity index (χ2v) is 4.32. The molecule has 0 atom stereocenters. The summed E-state index contributed by atoms with van der Waals surface area (Å²) in [6.45, 7) is 4.14. The molecule has 1 rings (SSSR count). The van der Waals surface area contributed by atoms with Gasteiger partial charge in [0.05, 0.1) is 27.2 Å². The summed E-state index contributed by atoms with van der Waals surface area (Å²) in [4.78, 5) is 23.3. The lowest BCUT2D eigenvalue weighted by Crippen LogP contribution is -2.26. The first-order chi connectivity index (χ1) is 10.0. The first-order valence-corrected chi connectivity index (χ1v) is 6.69. The van der Waals surface area contributed by atoms with Crippen LogP contribution in [0.1, 0.15) is 29.3 Å². The summed E-state index contributed by atoms with van der Waals surface area (Å²) in [5, 5.41) is 2.66. The molecule has 0 aliphatic rings. The minimum absolute atomic E-state index is 0.139. The van der Waals surface area contributed by atoms with E-state index in [0.29, 0.717) is 23.7 Å². The summed E-state index contributed by atoms with van der Waals surface area (Å²) in [5.41, 5.74) is 1.24. The van der Waals surface area contributed by atoms with Crippen LogP contribution >= 0.6 is 0 Å². The summed E-state index contributed by atoms with van der Waals surface area (Å²) >= 11 is 0. The lowest BCUT2D eigenvalue weighted by Gasteiger charge is -2.12. The average molecular weight is 295 g/mol. The molecule has 1 aromatic rings. The van der Waals surface area contributed by atoms with E-state index in [2.05, 4.69) is 5.32 Å². The van der Waals surface area contributed by atoms with E-state index < -0.39 is 0 Å². The van der Waals surface area contributed by atoms with Crippen LogP contribution in [-0.2, 0) is 9.53 Å². The maximum atomic E-state index is 12.1. The van der Waals surface area contributed by atoms with E-state index in [1.165, 1.54) is 14.2 Å². The number of nitrogens with one attached hydrogen (secondary N) is 1. The Morgan fingerprint density at radius 3 is 2.19 bits per heavy atom. The van der Waals surface area contributed by atoms with E-state index in [1.54, 1.807) is 19.1 Å². The van der Waals surface area contributed by atoms with E-state index in [-0.39, 0.29) is 24.8 Å². The van der Waals surface area contributed by atoms with Gasteiger partial charge < -0.3 is 19.5 Å². The van der Waals surface area contributed by atoms with Gasteiger partial charge in [-0.25, -0.2) is 0 Å². The van der Waals surface area contributed by atoms with Crippen molar-refractivity contribution in [2.75, 3.05) is 27.4 Å². The molecule has 0 saturated heterocycles. The van der Waals surface area contributed by atoms with E-state index in [0.717, 1.165) is 5.56 Å². The van der Waals surface area contributed by atoms with Crippen molar-refractivity contribution < 1.29 is 23.8 Å². The van der Waals surface area contributed by atoms with Crippen molar-refractivity contribution >= 4 is 11.9 Å². The fourth-order valence-electron chi connectivity index (χ4n) is 1.83. The zero-order valence-corrected chi connectivity index (χ0v) is 12.8. The quantitative estimate of drug-likeness (QED) is 0.775. The van der Waals surface area contributed by atoms with Gasteiger partial charge in [0.15, 0.2) is 0 Å². The number of methoxy groups -OCH3 is 2. The Hall–Kier alpha value is -2.24. The standard InChI is InChI=1S/C15H21NO5/c1-5-21-14(17)6-7-16-15(18)11-8-12(19-3)10(2)13(9-11)20-4/h8-9H,5-7H2,1-4H3,(H,16,18). The summed E-state index contributed by atoms with van der Waals surface area (Å²) in [5.74, 6) is 0.516. The van der Waals surface area contributed by atoms with Gasteiger partial charge >= 0.3 is 5.97 Å². The highest BCUT2D eigenvalue weighted by Gasteiger charge is 2.13. The lowest BCUT2D eigenvalue weighted by molar-refractivity contribution is -0.142. The van der Waals surface area contributed by atoms with Crippen LogP contribution in [0, 0.1) is 6.92 Å². The van der Waals surface area contributed by atoms with Gasteiger partial charge in [0, 0.05) is 17.7 Å². The van der Waals surface area contributed by atoms with E-state index in [9.17, 15) is 9.59 Å². The third-order valence-electron chi connectivity index (χ3n) is 2.93. The van der Waals surface area contributed by atoms with Crippen molar-refractivity contribution in [2.24, 2.45) is 0 Å². The van der Waals surface area contributed by atoms with Crippen molar-refractivity contribution in [3.63, 3.8) is 0 Å². The first kappa shape index (κ1) is 16.8. The van der Waals surface area contributed by atoms with Crippen molar-refractivity contribution in [3.05, 3.63) is 23.3 Å².